The molecule has 1 heterocycles. The van der Waals surface area contributed by atoms with E-state index in [2.05, 4.69) is 22.0 Å². The van der Waals surface area contributed by atoms with Gasteiger partial charge in [-0.15, -0.1) is 17.3 Å². The van der Waals surface area contributed by atoms with E-state index >= 15 is 0 Å². The Balaban J connectivity index is 0.00000220. The van der Waals surface area contributed by atoms with Gasteiger partial charge in [0.1, 0.15) is 5.75 Å². The summed E-state index contributed by atoms with van der Waals surface area (Å²) < 4.78 is 25.5. The van der Waals surface area contributed by atoms with E-state index in [0.717, 1.165) is 4.90 Å². The van der Waals surface area contributed by atoms with Gasteiger partial charge < -0.3 is 10.0 Å². The van der Waals surface area contributed by atoms with Gasteiger partial charge in [0.25, 0.3) is 6.43 Å². The van der Waals surface area contributed by atoms with Gasteiger partial charge in [-0.2, -0.15) is 0 Å². The Kier molecular flexibility index (Phi) is 7.70. The van der Waals surface area contributed by atoms with Crippen LogP contribution in [0, 0.1) is 6.08 Å². The largest absolute Gasteiger partial charge is 0.508 e. The molecular weight excluding hydrogens is 536 g/mol. The van der Waals surface area contributed by atoms with Crippen LogP contribution in [0.5, 0.6) is 5.75 Å². The maximum Gasteiger partial charge on any atom is 0.256 e. The number of phenols is 1. The number of allylic oxidation sites excluding steroid dienone is 1. The first-order chi connectivity index (χ1) is 9.40. The number of benzene rings is 1. The molecule has 1 atom stereocenters. The Morgan fingerprint density at radius 2 is 2.19 bits per heavy atom. The number of rotatable bonds is 3. The standard InChI is InChI=1S/C13H10BrF2INO2.Y/c14-9-5-7(19)1-2-8(9)11-4-3-10(17)13(20)18(11)6-12(15)16;/h1-2,5,10,12,19H,3,6H2;/q-1;. The Morgan fingerprint density at radius 3 is 2.76 bits per heavy atom. The second-order valence-electron chi connectivity index (χ2n) is 4.20. The average Bonchev–Trinajstić information content (AvgIpc) is 2.36. The molecule has 0 fully saturated rings. The zero-order valence-corrected chi connectivity index (χ0v) is 17.3. The molecule has 1 aromatic rings. The maximum absolute atomic E-state index is 12.7. The Bertz CT molecular complexity index is 571. The molecule has 0 bridgehead atoms. The van der Waals surface area contributed by atoms with Crippen molar-refractivity contribution in [2.45, 2.75) is 16.8 Å². The van der Waals surface area contributed by atoms with Gasteiger partial charge in [-0.3, -0.25) is 4.79 Å². The van der Waals surface area contributed by atoms with Crippen LogP contribution < -0.4 is 0 Å². The summed E-state index contributed by atoms with van der Waals surface area (Å²) in [6.45, 7) is -0.659. The second-order valence-corrected chi connectivity index (χ2v) is 6.56. The number of phenolic OH excluding ortho intramolecular Hbond substituents is 1. The predicted molar refractivity (Wildman–Crippen MR) is 82.6 cm³/mol. The fourth-order valence-electron chi connectivity index (χ4n) is 1.90. The summed E-state index contributed by atoms with van der Waals surface area (Å²) in [7, 11) is 0. The van der Waals surface area contributed by atoms with Crippen LogP contribution >= 0.6 is 38.5 Å². The molecule has 21 heavy (non-hydrogen) atoms. The van der Waals surface area contributed by atoms with Crippen molar-refractivity contribution < 1.29 is 51.4 Å². The number of hydrogen-bond acceptors (Lipinski definition) is 2. The minimum atomic E-state index is -2.62. The molecule has 1 N–H and O–H groups in total. The zero-order chi connectivity index (χ0) is 14.9. The summed E-state index contributed by atoms with van der Waals surface area (Å²) in [4.78, 5) is 13.1. The molecule has 8 heteroatoms. The number of halogens is 4. The van der Waals surface area contributed by atoms with Crippen molar-refractivity contribution in [1.82, 2.24) is 4.90 Å². The van der Waals surface area contributed by atoms with E-state index in [4.69, 9.17) is 0 Å². The molecule has 0 saturated heterocycles. The van der Waals surface area contributed by atoms with E-state index in [9.17, 15) is 18.7 Å². The van der Waals surface area contributed by atoms with Crippen LogP contribution in [-0.2, 0) is 37.5 Å². The molecule has 1 aliphatic heterocycles. The molecule has 1 unspecified atom stereocenters. The van der Waals surface area contributed by atoms with Crippen LogP contribution in [0.15, 0.2) is 22.7 Å². The average molecular weight is 546 g/mol. The zero-order valence-electron chi connectivity index (χ0n) is 10.7. The second kappa shape index (κ2) is 8.31. The Morgan fingerprint density at radius 1 is 1.52 bits per heavy atom. The van der Waals surface area contributed by atoms with Gasteiger partial charge in [-0.1, -0.05) is 49.4 Å². The minimum Gasteiger partial charge on any atom is -0.508 e. The number of carbonyl (C=O) groups is 1. The van der Waals surface area contributed by atoms with Crippen molar-refractivity contribution in [1.29, 1.82) is 0 Å². The van der Waals surface area contributed by atoms with Crippen molar-refractivity contribution in [3.05, 3.63) is 34.3 Å². The van der Waals surface area contributed by atoms with E-state index < -0.39 is 13.0 Å². The van der Waals surface area contributed by atoms with Gasteiger partial charge in [0, 0.05) is 32.7 Å². The SMILES string of the molecule is O=C1C(I)C[C-]=C(c2ccc(O)cc2Br)N1CC(F)F.[Y]. The fourth-order valence-corrected chi connectivity index (χ4v) is 3.02. The summed E-state index contributed by atoms with van der Waals surface area (Å²) in [5.41, 5.74) is 0.884. The van der Waals surface area contributed by atoms with Crippen LogP contribution in [0.1, 0.15) is 12.0 Å². The third-order valence-corrected chi connectivity index (χ3v) is 4.41. The van der Waals surface area contributed by atoms with E-state index in [-0.39, 0.29) is 48.3 Å². The van der Waals surface area contributed by atoms with Crippen molar-refractivity contribution in [3.63, 3.8) is 0 Å². The van der Waals surface area contributed by atoms with E-state index in [1.54, 1.807) is 6.07 Å². The molecular formula is C13H10BrF2INO2Y-. The molecule has 1 aliphatic rings. The predicted octanol–water partition coefficient (Wildman–Crippen LogP) is 3.60. The monoisotopic (exact) mass is 545 g/mol. The van der Waals surface area contributed by atoms with Gasteiger partial charge >= 0.3 is 0 Å². The van der Waals surface area contributed by atoms with Crippen LogP contribution in [0.2, 0.25) is 0 Å². The first-order valence-corrected chi connectivity index (χ1v) is 7.77. The molecule has 0 aromatic heterocycles. The third kappa shape index (κ3) is 4.69. The number of carbonyl (C=O) groups excluding carboxylic acids is 1. The van der Waals surface area contributed by atoms with Crippen molar-refractivity contribution >= 4 is 50.1 Å². The van der Waals surface area contributed by atoms with Crippen LogP contribution in [0.3, 0.4) is 0 Å². The van der Waals surface area contributed by atoms with E-state index in [1.165, 1.54) is 12.1 Å². The molecule has 1 amide bonds. The molecule has 0 saturated carbocycles. The van der Waals surface area contributed by atoms with Crippen LogP contribution in [0.4, 0.5) is 8.78 Å². The summed E-state index contributed by atoms with van der Waals surface area (Å²) >= 11 is 5.19. The molecule has 1 radical (unpaired) electrons. The summed E-state index contributed by atoms with van der Waals surface area (Å²) in [6, 6.07) is 4.46. The van der Waals surface area contributed by atoms with Gasteiger partial charge in [-0.25, -0.2) is 14.9 Å². The van der Waals surface area contributed by atoms with Crippen molar-refractivity contribution in [2.24, 2.45) is 0 Å². The van der Waals surface area contributed by atoms with E-state index in [1.807, 2.05) is 22.6 Å². The number of alkyl halides is 3. The number of hydrogen-bond donors (Lipinski definition) is 1. The minimum absolute atomic E-state index is 0. The molecule has 0 aliphatic carbocycles. The number of amides is 1. The van der Waals surface area contributed by atoms with Gasteiger partial charge in [0.15, 0.2) is 0 Å². The summed E-state index contributed by atoms with van der Waals surface area (Å²) in [5.74, 6) is -0.296. The Hall–Kier alpha value is 0.404. The molecule has 111 valence electrons. The van der Waals surface area contributed by atoms with Gasteiger partial charge in [0.05, 0.1) is 10.5 Å². The maximum atomic E-state index is 12.7. The molecule has 0 spiro atoms. The smallest absolute Gasteiger partial charge is 0.256 e. The molecule has 3 nitrogen and oxygen atoms in total. The van der Waals surface area contributed by atoms with Crippen LogP contribution in [-0.4, -0.2) is 32.8 Å². The van der Waals surface area contributed by atoms with Crippen molar-refractivity contribution in [2.75, 3.05) is 6.54 Å². The number of aromatic hydroxyl groups is 1. The van der Waals surface area contributed by atoms with E-state index in [0.29, 0.717) is 22.2 Å². The normalized spacial score (nSPS) is 18.5. The fraction of sp³-hybridized carbons (Fsp3) is 0.308. The molecule has 2 rings (SSSR count). The van der Waals surface area contributed by atoms with Crippen molar-refractivity contribution in [3.8, 4) is 5.75 Å². The first-order valence-electron chi connectivity index (χ1n) is 5.73. The molecule has 1 aromatic carbocycles. The first kappa shape index (κ1) is 19.5. The number of nitrogens with zero attached hydrogens (tertiary/aromatic N) is 1. The Labute approximate surface area is 168 Å². The topological polar surface area (TPSA) is 40.5 Å². The summed E-state index contributed by atoms with van der Waals surface area (Å²) in [5, 5.41) is 9.38. The summed E-state index contributed by atoms with van der Waals surface area (Å²) in [6.07, 6.45) is 0.760. The third-order valence-electron chi connectivity index (χ3n) is 2.78. The quantitative estimate of drug-likeness (QED) is 0.358. The van der Waals surface area contributed by atoms with Gasteiger partial charge in [-0.05, 0) is 12.1 Å². The van der Waals surface area contributed by atoms with Crippen LogP contribution in [0.25, 0.3) is 5.70 Å². The van der Waals surface area contributed by atoms with Gasteiger partial charge in [0.2, 0.25) is 5.91 Å².